The van der Waals surface area contributed by atoms with Crippen LogP contribution in [0.15, 0.2) is 34.2 Å². The second kappa shape index (κ2) is 6.47. The Bertz CT molecular complexity index is 578. The van der Waals surface area contributed by atoms with Crippen molar-refractivity contribution in [1.82, 2.24) is 4.31 Å². The lowest BCUT2D eigenvalue weighted by Gasteiger charge is -2.20. The molecule has 106 valence electrons. The number of aliphatic hydroxyl groups is 1. The molecule has 0 aliphatic carbocycles. The van der Waals surface area contributed by atoms with E-state index in [1.807, 2.05) is 0 Å². The summed E-state index contributed by atoms with van der Waals surface area (Å²) in [6.07, 6.45) is 1.39. The first-order chi connectivity index (χ1) is 8.84. The smallest absolute Gasteiger partial charge is 0.245 e. The van der Waals surface area contributed by atoms with Crippen LogP contribution in [-0.4, -0.2) is 37.5 Å². The minimum Gasteiger partial charge on any atom is -0.398 e. The molecule has 0 bridgehead atoms. The molecule has 5 nitrogen and oxygen atoms in total. The maximum absolute atomic E-state index is 13.3. The van der Waals surface area contributed by atoms with Gasteiger partial charge in [-0.25, -0.2) is 12.8 Å². The molecule has 0 radical (unpaired) electrons. The van der Waals surface area contributed by atoms with Gasteiger partial charge in [-0.15, -0.1) is 6.58 Å². The van der Waals surface area contributed by atoms with Crippen molar-refractivity contribution in [3.8, 4) is 0 Å². The average molecular weight is 353 g/mol. The summed E-state index contributed by atoms with van der Waals surface area (Å²) in [6, 6.07) is 2.04. The van der Waals surface area contributed by atoms with Crippen molar-refractivity contribution in [3.05, 3.63) is 35.1 Å². The fraction of sp³-hybridized carbons (Fsp3) is 0.273. The van der Waals surface area contributed by atoms with Crippen LogP contribution in [0, 0.1) is 5.82 Å². The van der Waals surface area contributed by atoms with Gasteiger partial charge in [0.05, 0.1) is 16.8 Å². The van der Waals surface area contributed by atoms with E-state index in [0.717, 1.165) is 16.4 Å². The number of benzene rings is 1. The summed E-state index contributed by atoms with van der Waals surface area (Å²) >= 11 is 2.92. The summed E-state index contributed by atoms with van der Waals surface area (Å²) in [6.45, 7) is 3.05. The molecule has 0 saturated carbocycles. The maximum Gasteiger partial charge on any atom is 0.245 e. The van der Waals surface area contributed by atoms with Gasteiger partial charge in [0.25, 0.3) is 0 Å². The molecule has 0 unspecified atom stereocenters. The number of nitrogens with zero attached hydrogens (tertiary/aromatic N) is 1. The van der Waals surface area contributed by atoms with Gasteiger partial charge in [-0.1, -0.05) is 6.08 Å². The highest BCUT2D eigenvalue weighted by atomic mass is 79.9. The van der Waals surface area contributed by atoms with Crippen LogP contribution in [0.2, 0.25) is 0 Å². The molecule has 0 amide bonds. The molecule has 1 rings (SSSR count). The second-order valence-electron chi connectivity index (χ2n) is 3.68. The van der Waals surface area contributed by atoms with Crippen molar-refractivity contribution in [2.24, 2.45) is 0 Å². The first-order valence-corrected chi connectivity index (χ1v) is 7.54. The van der Waals surface area contributed by atoms with Crippen LogP contribution in [0.1, 0.15) is 0 Å². The molecule has 3 N–H and O–H groups in total. The number of anilines is 1. The molecular weight excluding hydrogens is 339 g/mol. The van der Waals surface area contributed by atoms with E-state index >= 15 is 0 Å². The lowest BCUT2D eigenvalue weighted by molar-refractivity contribution is 0.260. The van der Waals surface area contributed by atoms with E-state index in [4.69, 9.17) is 10.8 Å². The third kappa shape index (κ3) is 3.53. The second-order valence-corrected chi connectivity index (χ2v) is 6.44. The van der Waals surface area contributed by atoms with E-state index < -0.39 is 15.8 Å². The number of hydrogen-bond donors (Lipinski definition) is 2. The van der Waals surface area contributed by atoms with E-state index in [2.05, 4.69) is 22.5 Å². The number of hydrogen-bond acceptors (Lipinski definition) is 4. The number of nitrogens with two attached hydrogens (primary N) is 1. The quantitative estimate of drug-likeness (QED) is 0.597. The molecule has 1 aromatic rings. The Morgan fingerprint density at radius 2 is 2.16 bits per heavy atom. The van der Waals surface area contributed by atoms with E-state index in [0.29, 0.717) is 0 Å². The normalized spacial score (nSPS) is 11.8. The van der Waals surface area contributed by atoms with Crippen molar-refractivity contribution < 1.29 is 17.9 Å². The Hall–Kier alpha value is -0.960. The topological polar surface area (TPSA) is 83.6 Å². The van der Waals surface area contributed by atoms with Gasteiger partial charge in [0.15, 0.2) is 0 Å². The Morgan fingerprint density at radius 1 is 1.53 bits per heavy atom. The number of aliphatic hydroxyl groups excluding tert-OH is 1. The first kappa shape index (κ1) is 16.1. The van der Waals surface area contributed by atoms with Crippen LogP contribution >= 0.6 is 15.9 Å². The molecule has 0 aliphatic rings. The Kier molecular flexibility index (Phi) is 5.48. The predicted octanol–water partition coefficient (Wildman–Crippen LogP) is 1.34. The highest BCUT2D eigenvalue weighted by molar-refractivity contribution is 9.10. The summed E-state index contributed by atoms with van der Waals surface area (Å²) in [7, 11) is -3.91. The Balaban J connectivity index is 3.32. The zero-order valence-corrected chi connectivity index (χ0v) is 12.4. The first-order valence-electron chi connectivity index (χ1n) is 5.31. The van der Waals surface area contributed by atoms with Gasteiger partial charge in [-0.05, 0) is 28.1 Å². The number of halogens is 2. The van der Waals surface area contributed by atoms with Crippen LogP contribution in [0.4, 0.5) is 10.1 Å². The highest BCUT2D eigenvalue weighted by Gasteiger charge is 2.26. The van der Waals surface area contributed by atoms with Gasteiger partial charge < -0.3 is 10.8 Å². The van der Waals surface area contributed by atoms with E-state index in [1.54, 1.807) is 0 Å². The average Bonchev–Trinajstić information content (AvgIpc) is 2.33. The third-order valence-corrected chi connectivity index (χ3v) is 4.88. The predicted molar refractivity (Wildman–Crippen MR) is 74.6 cm³/mol. The molecule has 8 heteroatoms. The summed E-state index contributed by atoms with van der Waals surface area (Å²) in [5, 5.41) is 8.90. The SMILES string of the molecule is C=CCN(CCO)S(=O)(=O)c1cc(Br)c(F)cc1N. The molecule has 19 heavy (non-hydrogen) atoms. The van der Waals surface area contributed by atoms with Gasteiger partial charge in [-0.2, -0.15) is 4.31 Å². The van der Waals surface area contributed by atoms with E-state index in [1.165, 1.54) is 6.08 Å². The summed E-state index contributed by atoms with van der Waals surface area (Å²) in [5.41, 5.74) is 5.36. The molecule has 0 heterocycles. The molecule has 0 spiro atoms. The van der Waals surface area contributed by atoms with Crippen LogP contribution < -0.4 is 5.73 Å². The summed E-state index contributed by atoms with van der Waals surface area (Å²) in [5.74, 6) is -0.645. The summed E-state index contributed by atoms with van der Waals surface area (Å²) in [4.78, 5) is -0.212. The monoisotopic (exact) mass is 352 g/mol. The zero-order valence-electron chi connectivity index (χ0n) is 10.0. The lowest BCUT2D eigenvalue weighted by Crippen LogP contribution is -2.34. The van der Waals surface area contributed by atoms with E-state index in [9.17, 15) is 12.8 Å². The minimum atomic E-state index is -3.91. The number of nitrogen functional groups attached to an aromatic ring is 1. The lowest BCUT2D eigenvalue weighted by atomic mass is 10.3. The van der Waals surface area contributed by atoms with Crippen LogP contribution in [0.3, 0.4) is 0 Å². The largest absolute Gasteiger partial charge is 0.398 e. The molecule has 0 aromatic heterocycles. The third-order valence-electron chi connectivity index (χ3n) is 2.35. The maximum atomic E-state index is 13.3. The van der Waals surface area contributed by atoms with Crippen molar-refractivity contribution >= 4 is 31.6 Å². The van der Waals surface area contributed by atoms with Crippen LogP contribution in [-0.2, 0) is 10.0 Å². The van der Waals surface area contributed by atoms with Crippen molar-refractivity contribution in [3.63, 3.8) is 0 Å². The molecule has 0 atom stereocenters. The van der Waals surface area contributed by atoms with Crippen LogP contribution in [0.25, 0.3) is 0 Å². The minimum absolute atomic E-state index is 0.00262. The molecule has 0 aliphatic heterocycles. The van der Waals surface area contributed by atoms with Crippen molar-refractivity contribution in [2.45, 2.75) is 4.90 Å². The van der Waals surface area contributed by atoms with Crippen LogP contribution in [0.5, 0.6) is 0 Å². The molecular formula is C11H14BrFN2O3S. The fourth-order valence-electron chi connectivity index (χ4n) is 1.47. The van der Waals surface area contributed by atoms with Gasteiger partial charge in [0, 0.05) is 13.1 Å². The van der Waals surface area contributed by atoms with Crippen molar-refractivity contribution in [2.75, 3.05) is 25.4 Å². The van der Waals surface area contributed by atoms with Crippen molar-refractivity contribution in [1.29, 1.82) is 0 Å². The zero-order chi connectivity index (χ0) is 14.6. The number of rotatable bonds is 6. The summed E-state index contributed by atoms with van der Waals surface area (Å²) < 4.78 is 38.9. The van der Waals surface area contributed by atoms with Gasteiger partial charge in [-0.3, -0.25) is 0 Å². The van der Waals surface area contributed by atoms with Gasteiger partial charge >= 0.3 is 0 Å². The highest BCUT2D eigenvalue weighted by Crippen LogP contribution is 2.28. The molecule has 1 aromatic carbocycles. The Labute approximate surface area is 119 Å². The molecule has 0 saturated heterocycles. The molecule has 0 fully saturated rings. The standard InChI is InChI=1S/C11H14BrFN2O3S/c1-2-3-15(4-5-16)19(17,18)11-6-8(12)9(13)7-10(11)14/h2,6-7,16H,1,3-5,14H2. The Morgan fingerprint density at radius 3 is 2.68 bits per heavy atom. The van der Waals surface area contributed by atoms with Gasteiger partial charge in [0.1, 0.15) is 10.7 Å². The van der Waals surface area contributed by atoms with Gasteiger partial charge in [0.2, 0.25) is 10.0 Å². The van der Waals surface area contributed by atoms with E-state index in [-0.39, 0.29) is 34.8 Å². The number of sulfonamides is 1. The fourth-order valence-corrected chi connectivity index (χ4v) is 3.49.